The molecule has 1 amide bonds. The number of carbonyl (C=O) groups excluding carboxylic acids is 1. The molecule has 0 unspecified atom stereocenters. The average Bonchev–Trinajstić information content (AvgIpc) is 2.35. The predicted octanol–water partition coefficient (Wildman–Crippen LogP) is 3.28. The first-order valence-electron chi connectivity index (χ1n) is 4.80. The van der Waals surface area contributed by atoms with Crippen molar-refractivity contribution < 1.29 is 9.18 Å². The normalized spacial score (nSPS) is 10.2. The first kappa shape index (κ1) is 12.9. The monoisotopic (exact) mass is 329 g/mol. The molecule has 0 aliphatic carbocycles. The predicted molar refractivity (Wildman–Crippen MR) is 69.1 cm³/mol. The highest BCUT2D eigenvalue weighted by atomic mass is 79.9. The van der Waals surface area contributed by atoms with Gasteiger partial charge in [0.05, 0.1) is 17.4 Å². The van der Waals surface area contributed by atoms with Crippen molar-refractivity contribution in [2.24, 2.45) is 0 Å². The second-order valence-electron chi connectivity index (χ2n) is 3.32. The number of nitrogens with zero attached hydrogens (tertiary/aromatic N) is 2. The number of halogens is 3. The third kappa shape index (κ3) is 3.02. The van der Waals surface area contributed by atoms with Gasteiger partial charge in [-0.3, -0.25) is 4.79 Å². The number of nitrogens with one attached hydrogen (secondary N) is 1. The minimum atomic E-state index is -0.616. The van der Waals surface area contributed by atoms with Crippen molar-refractivity contribution >= 4 is 39.1 Å². The fourth-order valence-electron chi connectivity index (χ4n) is 1.23. The van der Waals surface area contributed by atoms with Crippen LogP contribution in [-0.4, -0.2) is 15.9 Å². The molecule has 92 valence electrons. The maximum absolute atomic E-state index is 12.6. The lowest BCUT2D eigenvalue weighted by molar-refractivity contribution is 0.102. The van der Waals surface area contributed by atoms with Crippen LogP contribution in [0, 0.1) is 5.95 Å². The Morgan fingerprint density at radius 1 is 1.33 bits per heavy atom. The highest BCUT2D eigenvalue weighted by Gasteiger charge is 2.12. The number of hydrogen-bond acceptors (Lipinski definition) is 3. The van der Waals surface area contributed by atoms with Gasteiger partial charge in [0.2, 0.25) is 5.95 Å². The van der Waals surface area contributed by atoms with E-state index < -0.39 is 11.9 Å². The van der Waals surface area contributed by atoms with Crippen LogP contribution in [0.25, 0.3) is 0 Å². The highest BCUT2D eigenvalue weighted by Crippen LogP contribution is 2.19. The van der Waals surface area contributed by atoms with E-state index in [-0.39, 0.29) is 10.7 Å². The van der Waals surface area contributed by atoms with Gasteiger partial charge in [-0.2, -0.15) is 4.39 Å². The largest absolute Gasteiger partial charge is 0.320 e. The Morgan fingerprint density at radius 2 is 2.11 bits per heavy atom. The molecular formula is C11H6BrClFN3O. The smallest absolute Gasteiger partial charge is 0.258 e. The summed E-state index contributed by atoms with van der Waals surface area (Å²) in [6.45, 7) is 0. The SMILES string of the molecule is O=C(Nc1ccc(F)nc1)c1cc(Br)cnc1Cl. The Kier molecular flexibility index (Phi) is 3.88. The van der Waals surface area contributed by atoms with Gasteiger partial charge in [-0.15, -0.1) is 0 Å². The zero-order valence-corrected chi connectivity index (χ0v) is 11.2. The summed E-state index contributed by atoms with van der Waals surface area (Å²) in [5, 5.41) is 2.63. The van der Waals surface area contributed by atoms with Gasteiger partial charge in [-0.25, -0.2) is 9.97 Å². The van der Waals surface area contributed by atoms with Gasteiger partial charge in [0.25, 0.3) is 5.91 Å². The summed E-state index contributed by atoms with van der Waals surface area (Å²) in [7, 11) is 0. The van der Waals surface area contributed by atoms with Crippen LogP contribution in [0.4, 0.5) is 10.1 Å². The fraction of sp³-hybridized carbons (Fsp3) is 0. The molecule has 0 aromatic carbocycles. The molecule has 7 heteroatoms. The van der Waals surface area contributed by atoms with Gasteiger partial charge in [-0.05, 0) is 34.1 Å². The van der Waals surface area contributed by atoms with Crippen LogP contribution in [0.15, 0.2) is 35.1 Å². The van der Waals surface area contributed by atoms with Crippen molar-refractivity contribution in [2.75, 3.05) is 5.32 Å². The van der Waals surface area contributed by atoms with Crippen LogP contribution in [0.1, 0.15) is 10.4 Å². The van der Waals surface area contributed by atoms with Crippen molar-refractivity contribution in [3.8, 4) is 0 Å². The molecule has 0 saturated heterocycles. The standard InChI is InChI=1S/C11H6BrClFN3O/c12-6-3-8(10(13)16-4-6)11(18)17-7-1-2-9(14)15-5-7/h1-5H,(H,17,18). The molecule has 2 heterocycles. The molecule has 4 nitrogen and oxygen atoms in total. The molecular weight excluding hydrogens is 324 g/mol. The molecule has 2 aromatic rings. The van der Waals surface area contributed by atoms with E-state index in [1.165, 1.54) is 18.5 Å². The van der Waals surface area contributed by atoms with Gasteiger partial charge in [0.15, 0.2) is 0 Å². The average molecular weight is 331 g/mol. The van der Waals surface area contributed by atoms with Crippen molar-refractivity contribution in [1.29, 1.82) is 0 Å². The number of pyridine rings is 2. The lowest BCUT2D eigenvalue weighted by Gasteiger charge is -2.06. The summed E-state index contributed by atoms with van der Waals surface area (Å²) in [6, 6.07) is 4.09. The highest BCUT2D eigenvalue weighted by molar-refractivity contribution is 9.10. The number of hydrogen-bond donors (Lipinski definition) is 1. The molecule has 1 N–H and O–H groups in total. The van der Waals surface area contributed by atoms with Crippen LogP contribution >= 0.6 is 27.5 Å². The van der Waals surface area contributed by atoms with Crippen LogP contribution in [0.5, 0.6) is 0 Å². The van der Waals surface area contributed by atoms with E-state index in [1.807, 2.05) is 0 Å². The molecule has 0 fully saturated rings. The van der Waals surface area contributed by atoms with Crippen LogP contribution in [-0.2, 0) is 0 Å². The second kappa shape index (κ2) is 5.41. The fourth-order valence-corrected chi connectivity index (χ4v) is 1.75. The summed E-state index contributed by atoms with van der Waals surface area (Å²) in [5.41, 5.74) is 0.591. The number of amides is 1. The molecule has 18 heavy (non-hydrogen) atoms. The van der Waals surface area contributed by atoms with Gasteiger partial charge in [-0.1, -0.05) is 11.6 Å². The van der Waals surface area contributed by atoms with E-state index >= 15 is 0 Å². The summed E-state index contributed by atoms with van der Waals surface area (Å²) >= 11 is 9.01. The zero-order chi connectivity index (χ0) is 13.1. The molecule has 0 radical (unpaired) electrons. The Balaban J connectivity index is 2.21. The summed E-state index contributed by atoms with van der Waals surface area (Å²) in [5.74, 6) is -1.06. The number of rotatable bonds is 2. The van der Waals surface area contributed by atoms with Crippen molar-refractivity contribution in [3.63, 3.8) is 0 Å². The van der Waals surface area contributed by atoms with E-state index in [0.29, 0.717) is 10.2 Å². The van der Waals surface area contributed by atoms with Crippen molar-refractivity contribution in [1.82, 2.24) is 9.97 Å². The van der Waals surface area contributed by atoms with Gasteiger partial charge < -0.3 is 5.32 Å². The van der Waals surface area contributed by atoms with E-state index in [9.17, 15) is 9.18 Å². The molecule has 0 aliphatic rings. The summed E-state index contributed by atoms with van der Waals surface area (Å²) < 4.78 is 13.2. The topological polar surface area (TPSA) is 54.9 Å². The van der Waals surface area contributed by atoms with E-state index in [4.69, 9.17) is 11.6 Å². The molecule has 0 bridgehead atoms. The Bertz CT molecular complexity index is 591. The maximum atomic E-state index is 12.6. The van der Waals surface area contributed by atoms with E-state index in [2.05, 4.69) is 31.2 Å². The van der Waals surface area contributed by atoms with Crippen molar-refractivity contribution in [3.05, 3.63) is 51.7 Å². The Morgan fingerprint density at radius 3 is 2.78 bits per heavy atom. The van der Waals surface area contributed by atoms with Crippen LogP contribution < -0.4 is 5.32 Å². The number of carbonyl (C=O) groups is 1. The maximum Gasteiger partial charge on any atom is 0.258 e. The first-order chi connectivity index (χ1) is 8.56. The number of anilines is 1. The van der Waals surface area contributed by atoms with E-state index in [0.717, 1.165) is 6.07 Å². The summed E-state index contributed by atoms with van der Waals surface area (Å²) in [4.78, 5) is 19.2. The van der Waals surface area contributed by atoms with E-state index in [1.54, 1.807) is 6.07 Å². The third-order valence-corrected chi connectivity index (χ3v) is 2.77. The van der Waals surface area contributed by atoms with Gasteiger partial charge in [0.1, 0.15) is 5.15 Å². The molecule has 0 aliphatic heterocycles. The van der Waals surface area contributed by atoms with Crippen LogP contribution in [0.2, 0.25) is 5.15 Å². The lowest BCUT2D eigenvalue weighted by atomic mass is 10.2. The third-order valence-electron chi connectivity index (χ3n) is 2.04. The Hall–Kier alpha value is -1.53. The molecule has 2 rings (SSSR count). The molecule has 0 spiro atoms. The minimum Gasteiger partial charge on any atom is -0.320 e. The Labute approximate surface area is 115 Å². The molecule has 2 aromatic heterocycles. The quantitative estimate of drug-likeness (QED) is 0.860. The lowest BCUT2D eigenvalue weighted by Crippen LogP contribution is -2.13. The molecule has 0 saturated carbocycles. The van der Waals surface area contributed by atoms with Crippen molar-refractivity contribution in [2.45, 2.75) is 0 Å². The second-order valence-corrected chi connectivity index (χ2v) is 4.59. The van der Waals surface area contributed by atoms with Crippen LogP contribution in [0.3, 0.4) is 0 Å². The molecule has 0 atom stereocenters. The minimum absolute atomic E-state index is 0.0887. The summed E-state index contributed by atoms with van der Waals surface area (Å²) in [6.07, 6.45) is 2.70. The van der Waals surface area contributed by atoms with Gasteiger partial charge >= 0.3 is 0 Å². The first-order valence-corrected chi connectivity index (χ1v) is 5.97. The number of aromatic nitrogens is 2. The zero-order valence-electron chi connectivity index (χ0n) is 8.82. The van der Waals surface area contributed by atoms with Gasteiger partial charge in [0, 0.05) is 10.7 Å².